The quantitative estimate of drug-likeness (QED) is 0.294. The molecule has 1 aliphatic heterocycles. The summed E-state index contributed by atoms with van der Waals surface area (Å²) in [6.07, 6.45) is 2.28. The van der Waals surface area contributed by atoms with Gasteiger partial charge in [0.25, 0.3) is 11.1 Å². The predicted molar refractivity (Wildman–Crippen MR) is 122 cm³/mol. The molecule has 3 rings (SSSR count). The molecule has 0 unspecified atom stereocenters. The van der Waals surface area contributed by atoms with Crippen LogP contribution in [0.25, 0.3) is 6.08 Å². The number of carbonyl (C=O) groups is 2. The molecule has 2 aromatic carbocycles. The SMILES string of the molecule is COCCCN1C(=O)S/C(=C/c2cc(Br)c(OCc3ccc(F)cc3)c(Br)c2)C1=O. The largest absolute Gasteiger partial charge is 0.487 e. The minimum Gasteiger partial charge on any atom is -0.487 e. The molecule has 1 heterocycles. The van der Waals surface area contributed by atoms with Gasteiger partial charge in [0.05, 0.1) is 13.9 Å². The minimum atomic E-state index is -0.301. The molecule has 1 saturated heterocycles. The van der Waals surface area contributed by atoms with Gasteiger partial charge < -0.3 is 9.47 Å². The van der Waals surface area contributed by atoms with Crippen molar-refractivity contribution in [1.29, 1.82) is 0 Å². The van der Waals surface area contributed by atoms with E-state index >= 15 is 0 Å². The van der Waals surface area contributed by atoms with Crippen LogP contribution in [-0.2, 0) is 16.1 Å². The van der Waals surface area contributed by atoms with E-state index in [1.54, 1.807) is 25.3 Å². The highest BCUT2D eigenvalue weighted by Gasteiger charge is 2.34. The second-order valence-corrected chi connectivity index (χ2v) is 9.11. The molecule has 0 aromatic heterocycles. The average molecular weight is 559 g/mol. The molecule has 9 heteroatoms. The van der Waals surface area contributed by atoms with E-state index in [0.29, 0.717) is 39.2 Å². The van der Waals surface area contributed by atoms with E-state index in [0.717, 1.165) is 22.9 Å². The third-order valence-electron chi connectivity index (χ3n) is 4.22. The monoisotopic (exact) mass is 557 g/mol. The summed E-state index contributed by atoms with van der Waals surface area (Å²) in [7, 11) is 1.58. The Morgan fingerprint density at radius 2 is 1.80 bits per heavy atom. The number of ether oxygens (including phenoxy) is 2. The molecule has 2 aromatic rings. The molecule has 1 aliphatic rings. The van der Waals surface area contributed by atoms with Crippen LogP contribution < -0.4 is 4.74 Å². The van der Waals surface area contributed by atoms with Crippen molar-refractivity contribution in [3.63, 3.8) is 0 Å². The van der Waals surface area contributed by atoms with E-state index in [1.165, 1.54) is 17.0 Å². The van der Waals surface area contributed by atoms with E-state index < -0.39 is 0 Å². The molecule has 1 fully saturated rings. The van der Waals surface area contributed by atoms with Crippen LogP contribution in [0.5, 0.6) is 5.75 Å². The summed E-state index contributed by atoms with van der Waals surface area (Å²) in [5.74, 6) is -0.0114. The van der Waals surface area contributed by atoms with Crippen molar-refractivity contribution in [3.05, 3.63) is 67.2 Å². The second-order valence-electron chi connectivity index (χ2n) is 6.41. The van der Waals surface area contributed by atoms with Crippen LogP contribution in [0.4, 0.5) is 9.18 Å². The first kappa shape index (κ1) is 23.0. The smallest absolute Gasteiger partial charge is 0.293 e. The minimum absolute atomic E-state index is 0.275. The number of imide groups is 1. The fraction of sp³-hybridized carbons (Fsp3) is 0.238. The first-order valence-corrected chi connectivity index (χ1v) is 11.4. The maximum absolute atomic E-state index is 13.0. The molecule has 30 heavy (non-hydrogen) atoms. The van der Waals surface area contributed by atoms with Gasteiger partial charge in [-0.1, -0.05) is 12.1 Å². The van der Waals surface area contributed by atoms with Crippen molar-refractivity contribution in [2.45, 2.75) is 13.0 Å². The zero-order chi connectivity index (χ0) is 21.7. The number of methoxy groups -OCH3 is 1. The lowest BCUT2D eigenvalue weighted by Gasteiger charge is -2.12. The Kier molecular flexibility index (Phi) is 8.10. The van der Waals surface area contributed by atoms with Crippen molar-refractivity contribution in [2.24, 2.45) is 0 Å². The van der Waals surface area contributed by atoms with Gasteiger partial charge >= 0.3 is 0 Å². The van der Waals surface area contributed by atoms with Gasteiger partial charge in [-0.05, 0) is 91.5 Å². The molecule has 0 radical (unpaired) electrons. The van der Waals surface area contributed by atoms with Gasteiger partial charge in [-0.3, -0.25) is 14.5 Å². The standard InChI is InChI=1S/C21H18Br2FNO4S/c1-28-8-2-7-25-20(26)18(30-21(25)27)11-14-9-16(22)19(17(23)10-14)29-12-13-3-5-15(24)6-4-13/h3-6,9-11H,2,7-8,12H2,1H3/b18-11+. The number of thioether (sulfide) groups is 1. The summed E-state index contributed by atoms with van der Waals surface area (Å²) in [4.78, 5) is 26.3. The lowest BCUT2D eigenvalue weighted by Crippen LogP contribution is -2.29. The lowest BCUT2D eigenvalue weighted by atomic mass is 10.2. The fourth-order valence-corrected chi connectivity index (χ4v) is 5.06. The highest BCUT2D eigenvalue weighted by atomic mass is 79.9. The third kappa shape index (κ3) is 5.72. The van der Waals surface area contributed by atoms with Crippen molar-refractivity contribution >= 4 is 60.8 Å². The summed E-state index contributed by atoms with van der Waals surface area (Å²) >= 11 is 7.90. The number of hydrogen-bond donors (Lipinski definition) is 0. The molecule has 0 saturated carbocycles. The maximum atomic E-state index is 13.0. The second kappa shape index (κ2) is 10.6. The van der Waals surface area contributed by atoms with Gasteiger partial charge in [0.2, 0.25) is 0 Å². The Bertz CT molecular complexity index is 958. The zero-order valence-corrected chi connectivity index (χ0v) is 20.0. The Labute approximate surface area is 194 Å². The molecule has 0 aliphatic carbocycles. The maximum Gasteiger partial charge on any atom is 0.293 e. The van der Waals surface area contributed by atoms with Crippen molar-refractivity contribution in [1.82, 2.24) is 4.90 Å². The number of hydrogen-bond acceptors (Lipinski definition) is 5. The normalized spacial score (nSPS) is 15.3. The van der Waals surface area contributed by atoms with Crippen LogP contribution in [0.15, 0.2) is 50.2 Å². The highest BCUT2D eigenvalue weighted by molar-refractivity contribution is 9.11. The predicted octanol–water partition coefficient (Wildman–Crippen LogP) is 6.00. The van der Waals surface area contributed by atoms with E-state index in [1.807, 2.05) is 12.1 Å². The first-order valence-electron chi connectivity index (χ1n) is 8.99. The molecule has 0 bridgehead atoms. The van der Waals surface area contributed by atoms with Gasteiger partial charge in [-0.2, -0.15) is 0 Å². The van der Waals surface area contributed by atoms with Crippen LogP contribution in [0.3, 0.4) is 0 Å². The van der Waals surface area contributed by atoms with Crippen molar-refractivity contribution in [3.8, 4) is 5.75 Å². The summed E-state index contributed by atoms with van der Waals surface area (Å²) < 4.78 is 25.2. The number of rotatable bonds is 8. The van der Waals surface area contributed by atoms with E-state index in [-0.39, 0.29) is 23.6 Å². The van der Waals surface area contributed by atoms with Crippen molar-refractivity contribution < 1.29 is 23.5 Å². The molecular formula is C21H18Br2FNO4S. The molecule has 158 valence electrons. The van der Waals surface area contributed by atoms with Crippen LogP contribution in [0, 0.1) is 5.82 Å². The Balaban J connectivity index is 1.72. The van der Waals surface area contributed by atoms with Crippen LogP contribution in [-0.4, -0.2) is 36.3 Å². The van der Waals surface area contributed by atoms with Gasteiger partial charge in [-0.25, -0.2) is 4.39 Å². The van der Waals surface area contributed by atoms with E-state index in [9.17, 15) is 14.0 Å². The lowest BCUT2D eigenvalue weighted by molar-refractivity contribution is -0.122. The van der Waals surface area contributed by atoms with E-state index in [2.05, 4.69) is 31.9 Å². The Morgan fingerprint density at radius 3 is 2.43 bits per heavy atom. The number of amides is 2. The third-order valence-corrected chi connectivity index (χ3v) is 6.30. The number of nitrogens with zero attached hydrogens (tertiary/aromatic N) is 1. The fourth-order valence-electron chi connectivity index (χ4n) is 2.75. The number of carbonyl (C=O) groups excluding carboxylic acids is 2. The molecule has 5 nitrogen and oxygen atoms in total. The molecule has 0 N–H and O–H groups in total. The van der Waals surface area contributed by atoms with Gasteiger partial charge in [0.1, 0.15) is 18.2 Å². The van der Waals surface area contributed by atoms with E-state index in [4.69, 9.17) is 9.47 Å². The average Bonchev–Trinajstić information content (AvgIpc) is 2.96. The Hall–Kier alpha value is -1.68. The zero-order valence-electron chi connectivity index (χ0n) is 16.0. The van der Waals surface area contributed by atoms with Crippen LogP contribution in [0.1, 0.15) is 17.5 Å². The topological polar surface area (TPSA) is 55.8 Å². The highest BCUT2D eigenvalue weighted by Crippen LogP contribution is 2.38. The summed E-state index contributed by atoms with van der Waals surface area (Å²) in [6, 6.07) is 9.71. The van der Waals surface area contributed by atoms with Crippen molar-refractivity contribution in [2.75, 3.05) is 20.3 Å². The number of halogens is 3. The molecule has 2 amide bonds. The van der Waals surface area contributed by atoms with Gasteiger partial charge in [0, 0.05) is 20.3 Å². The summed E-state index contributed by atoms with van der Waals surface area (Å²) in [6.45, 7) is 1.09. The molecular weight excluding hydrogens is 541 g/mol. The summed E-state index contributed by atoms with van der Waals surface area (Å²) in [5, 5.41) is -0.278. The van der Waals surface area contributed by atoms with Crippen LogP contribution in [0.2, 0.25) is 0 Å². The van der Waals surface area contributed by atoms with Crippen LogP contribution >= 0.6 is 43.6 Å². The van der Waals surface area contributed by atoms with Gasteiger partial charge in [0.15, 0.2) is 0 Å². The molecule has 0 spiro atoms. The molecule has 0 atom stereocenters. The summed E-state index contributed by atoms with van der Waals surface area (Å²) in [5.41, 5.74) is 1.58. The first-order chi connectivity index (χ1) is 14.4. The van der Waals surface area contributed by atoms with Gasteiger partial charge in [-0.15, -0.1) is 0 Å². The number of benzene rings is 2. The Morgan fingerprint density at radius 1 is 1.13 bits per heavy atom.